The fourth-order valence-electron chi connectivity index (χ4n) is 4.86. The second kappa shape index (κ2) is 23.0. The van der Waals surface area contributed by atoms with Crippen LogP contribution in [0.2, 0.25) is 0 Å². The van der Waals surface area contributed by atoms with Crippen LogP contribution in [0.5, 0.6) is 0 Å². The van der Waals surface area contributed by atoms with Gasteiger partial charge in [-0.25, -0.2) is 0 Å². The lowest BCUT2D eigenvalue weighted by atomic mass is 9.77. The first-order valence-corrected chi connectivity index (χ1v) is 15.5. The maximum atomic E-state index is 12.8. The number of carbonyl (C=O) groups is 2. The highest BCUT2D eigenvalue weighted by molar-refractivity contribution is 5.82. The van der Waals surface area contributed by atoms with Crippen molar-refractivity contribution in [1.82, 2.24) is 10.6 Å². The molecule has 0 aliphatic rings. The summed E-state index contributed by atoms with van der Waals surface area (Å²) in [5.74, 6) is -2.08. The van der Waals surface area contributed by atoms with E-state index in [9.17, 15) is 50.4 Å². The second-order valence-electron chi connectivity index (χ2n) is 11.6. The van der Waals surface area contributed by atoms with Crippen LogP contribution in [-0.4, -0.2) is 138 Å². The molecule has 43 heavy (non-hydrogen) atoms. The lowest BCUT2D eigenvalue weighted by Crippen LogP contribution is -2.55. The highest BCUT2D eigenvalue weighted by atomic mass is 16.4. The van der Waals surface area contributed by atoms with Crippen molar-refractivity contribution >= 4 is 11.8 Å². The molecular weight excluding hydrogens is 568 g/mol. The normalized spacial score (nSPS) is 17.8. The molecule has 0 aromatic carbocycles. The molecule has 12 N–H and O–H groups in total. The zero-order chi connectivity index (χ0) is 33.0. The van der Waals surface area contributed by atoms with Crippen molar-refractivity contribution < 1.29 is 60.7 Å². The molecule has 0 spiro atoms. The van der Waals surface area contributed by atoms with E-state index in [4.69, 9.17) is 10.2 Å². The molecule has 0 aromatic heterocycles. The maximum absolute atomic E-state index is 12.8. The summed E-state index contributed by atoms with van der Waals surface area (Å²) in [6, 6.07) is 0. The third kappa shape index (κ3) is 15.4. The van der Waals surface area contributed by atoms with E-state index in [1.807, 2.05) is 0 Å². The fraction of sp³-hybridized carbons (Fsp3) is 0.931. The standard InChI is InChI=1S/C29H58N2O12/c1-3-5-7-9-11-13-29(14-12-10-8-6-4-2,17-30-27(42)25(40)23(38)21(36)19(34)15-32)18-31-28(43)26(41)24(39)22(37)20(35)16-33/h19-26,32-41H,3-18H2,1-2H3,(H,30,42)(H,31,43). The van der Waals surface area contributed by atoms with E-state index in [0.29, 0.717) is 12.8 Å². The Labute approximate surface area is 254 Å². The minimum absolute atomic E-state index is 0.0689. The van der Waals surface area contributed by atoms with Gasteiger partial charge in [-0.05, 0) is 12.8 Å². The molecule has 0 radical (unpaired) electrons. The number of aliphatic hydroxyl groups excluding tert-OH is 10. The number of carbonyl (C=O) groups excluding carboxylic acids is 2. The van der Waals surface area contributed by atoms with Gasteiger partial charge in [0.2, 0.25) is 0 Å². The molecule has 0 saturated heterocycles. The van der Waals surface area contributed by atoms with Crippen LogP contribution < -0.4 is 10.6 Å². The first-order valence-electron chi connectivity index (χ1n) is 15.5. The minimum atomic E-state index is -2.13. The van der Waals surface area contributed by atoms with E-state index in [2.05, 4.69) is 24.5 Å². The summed E-state index contributed by atoms with van der Waals surface area (Å²) in [6.07, 6.45) is -5.58. The summed E-state index contributed by atoms with van der Waals surface area (Å²) in [4.78, 5) is 25.5. The van der Waals surface area contributed by atoms with Crippen LogP contribution in [-0.2, 0) is 9.59 Å². The van der Waals surface area contributed by atoms with E-state index in [0.717, 1.165) is 64.2 Å². The van der Waals surface area contributed by atoms with Crippen LogP contribution in [0.4, 0.5) is 0 Å². The predicted octanol–water partition coefficient (Wildman–Crippen LogP) is -2.20. The third-order valence-corrected chi connectivity index (χ3v) is 7.94. The van der Waals surface area contributed by atoms with Gasteiger partial charge in [-0.1, -0.05) is 78.1 Å². The Balaban J connectivity index is 5.86. The molecule has 8 atom stereocenters. The van der Waals surface area contributed by atoms with Gasteiger partial charge in [0.15, 0.2) is 12.2 Å². The van der Waals surface area contributed by atoms with E-state index in [1.165, 1.54) is 0 Å². The van der Waals surface area contributed by atoms with Crippen LogP contribution in [0.1, 0.15) is 90.9 Å². The van der Waals surface area contributed by atoms with Crippen molar-refractivity contribution in [2.75, 3.05) is 26.3 Å². The van der Waals surface area contributed by atoms with Gasteiger partial charge in [-0.2, -0.15) is 0 Å². The van der Waals surface area contributed by atoms with Crippen molar-refractivity contribution in [3.63, 3.8) is 0 Å². The molecule has 0 aliphatic heterocycles. The number of unbranched alkanes of at least 4 members (excludes halogenated alkanes) is 8. The lowest BCUT2D eigenvalue weighted by molar-refractivity contribution is -0.149. The molecule has 0 heterocycles. The molecular formula is C29H58N2O12. The second-order valence-corrected chi connectivity index (χ2v) is 11.6. The fourth-order valence-corrected chi connectivity index (χ4v) is 4.86. The molecule has 2 amide bonds. The molecule has 0 aliphatic carbocycles. The number of rotatable bonds is 26. The Bertz CT molecular complexity index is 686. The quantitative estimate of drug-likeness (QED) is 0.0457. The van der Waals surface area contributed by atoms with Gasteiger partial charge in [0.05, 0.1) is 13.2 Å². The van der Waals surface area contributed by atoms with Gasteiger partial charge in [0, 0.05) is 18.5 Å². The largest absolute Gasteiger partial charge is 0.394 e. The number of nitrogens with one attached hydrogen (secondary N) is 2. The Kier molecular flexibility index (Phi) is 22.2. The van der Waals surface area contributed by atoms with Gasteiger partial charge < -0.3 is 61.7 Å². The highest BCUT2D eigenvalue weighted by Gasteiger charge is 2.38. The number of hydrogen-bond acceptors (Lipinski definition) is 12. The summed E-state index contributed by atoms with van der Waals surface area (Å²) < 4.78 is 0. The highest BCUT2D eigenvalue weighted by Crippen LogP contribution is 2.31. The molecule has 0 aromatic rings. The molecule has 0 bridgehead atoms. The van der Waals surface area contributed by atoms with Gasteiger partial charge in [-0.3, -0.25) is 9.59 Å². The third-order valence-electron chi connectivity index (χ3n) is 7.94. The summed E-state index contributed by atoms with van der Waals surface area (Å²) >= 11 is 0. The van der Waals surface area contributed by atoms with Gasteiger partial charge in [0.1, 0.15) is 36.6 Å². The van der Waals surface area contributed by atoms with E-state index in [1.54, 1.807) is 0 Å². The van der Waals surface area contributed by atoms with Crippen molar-refractivity contribution in [2.24, 2.45) is 5.41 Å². The number of hydrogen-bond donors (Lipinski definition) is 12. The summed E-state index contributed by atoms with van der Waals surface area (Å²) in [6.45, 7) is 2.22. The summed E-state index contributed by atoms with van der Waals surface area (Å²) in [5.41, 5.74) is -0.786. The SMILES string of the molecule is CCCCCCCC(CCCCCCC)(CNC(=O)C(O)C(O)C(O)C(O)CO)CNC(=O)C(O)C(O)C(O)C(O)CO. The minimum Gasteiger partial charge on any atom is -0.394 e. The monoisotopic (exact) mass is 626 g/mol. The van der Waals surface area contributed by atoms with Gasteiger partial charge in [0.25, 0.3) is 11.8 Å². The Morgan fingerprint density at radius 1 is 0.535 bits per heavy atom. The molecule has 0 fully saturated rings. The van der Waals surface area contributed by atoms with Crippen molar-refractivity contribution in [1.29, 1.82) is 0 Å². The predicted molar refractivity (Wildman–Crippen MR) is 157 cm³/mol. The Morgan fingerprint density at radius 2 is 0.860 bits per heavy atom. The summed E-state index contributed by atoms with van der Waals surface area (Å²) in [5, 5.41) is 103. The molecule has 8 unspecified atom stereocenters. The topological polar surface area (TPSA) is 260 Å². The first-order chi connectivity index (χ1) is 20.3. The smallest absolute Gasteiger partial charge is 0.251 e. The van der Waals surface area contributed by atoms with Crippen molar-refractivity contribution in [3.8, 4) is 0 Å². The van der Waals surface area contributed by atoms with E-state index >= 15 is 0 Å². The Hall–Kier alpha value is -1.46. The van der Waals surface area contributed by atoms with E-state index in [-0.39, 0.29) is 13.1 Å². The summed E-state index contributed by atoms with van der Waals surface area (Å²) in [7, 11) is 0. The average Bonchev–Trinajstić information content (AvgIpc) is 3.02. The van der Waals surface area contributed by atoms with Crippen molar-refractivity contribution in [2.45, 2.75) is 140 Å². The zero-order valence-corrected chi connectivity index (χ0v) is 25.7. The van der Waals surface area contributed by atoms with Crippen LogP contribution in [0.25, 0.3) is 0 Å². The van der Waals surface area contributed by atoms with Crippen LogP contribution in [0.15, 0.2) is 0 Å². The molecule has 0 rings (SSSR count). The molecule has 14 nitrogen and oxygen atoms in total. The molecule has 14 heteroatoms. The van der Waals surface area contributed by atoms with Crippen LogP contribution >= 0.6 is 0 Å². The lowest BCUT2D eigenvalue weighted by Gasteiger charge is -2.36. The Morgan fingerprint density at radius 3 is 1.16 bits per heavy atom. The average molecular weight is 627 g/mol. The number of amides is 2. The van der Waals surface area contributed by atoms with E-state index < -0.39 is 79.3 Å². The van der Waals surface area contributed by atoms with Crippen LogP contribution in [0, 0.1) is 5.41 Å². The van der Waals surface area contributed by atoms with Crippen LogP contribution in [0.3, 0.4) is 0 Å². The van der Waals surface area contributed by atoms with Gasteiger partial charge >= 0.3 is 0 Å². The molecule has 256 valence electrons. The van der Waals surface area contributed by atoms with Gasteiger partial charge in [-0.15, -0.1) is 0 Å². The zero-order valence-electron chi connectivity index (χ0n) is 25.7. The number of aliphatic hydroxyl groups is 10. The first kappa shape index (κ1) is 41.5. The van der Waals surface area contributed by atoms with Crippen molar-refractivity contribution in [3.05, 3.63) is 0 Å². The molecule has 0 saturated carbocycles. The maximum Gasteiger partial charge on any atom is 0.251 e.